The van der Waals surface area contributed by atoms with Gasteiger partial charge in [-0.25, -0.2) is 13.6 Å². The molecule has 0 aliphatic carbocycles. The molecule has 0 bridgehead atoms. The number of hydrogen-bond acceptors (Lipinski definition) is 6. The normalized spacial score (nSPS) is 16.1. The van der Waals surface area contributed by atoms with Gasteiger partial charge in [-0.15, -0.1) is 0 Å². The van der Waals surface area contributed by atoms with Crippen molar-refractivity contribution in [3.8, 4) is 5.75 Å². The Hall–Kier alpha value is -1.68. The molecule has 29 heavy (non-hydrogen) atoms. The van der Waals surface area contributed by atoms with Gasteiger partial charge in [0.05, 0.1) is 11.0 Å². The highest BCUT2D eigenvalue weighted by Crippen LogP contribution is 2.18. The van der Waals surface area contributed by atoms with Gasteiger partial charge in [0.2, 0.25) is 15.9 Å². The van der Waals surface area contributed by atoms with Gasteiger partial charge in [0.25, 0.3) is 0 Å². The predicted molar refractivity (Wildman–Crippen MR) is 111 cm³/mol. The van der Waals surface area contributed by atoms with Crippen LogP contribution in [-0.2, 0) is 19.6 Å². The quantitative estimate of drug-likeness (QED) is 0.516. The Balaban J connectivity index is 1.60. The fourth-order valence-electron chi connectivity index (χ4n) is 3.18. The van der Waals surface area contributed by atoms with Gasteiger partial charge in [-0.05, 0) is 70.5 Å². The molecule has 0 aromatic heterocycles. The molecule has 1 aromatic carbocycles. The van der Waals surface area contributed by atoms with Crippen molar-refractivity contribution >= 4 is 15.9 Å². The van der Waals surface area contributed by atoms with Crippen molar-refractivity contribution < 1.29 is 22.7 Å². The molecule has 1 heterocycles. The molecule has 9 heteroatoms. The molecular formula is C20H33N3O5S. The zero-order chi connectivity index (χ0) is 21.3. The number of benzene rings is 1. The number of rotatable bonds is 11. The second-order valence-corrected chi connectivity index (χ2v) is 9.11. The summed E-state index contributed by atoms with van der Waals surface area (Å²) in [6.07, 6.45) is 2.74. The summed E-state index contributed by atoms with van der Waals surface area (Å²) in [5, 5.41) is 8.09. The van der Waals surface area contributed by atoms with Crippen LogP contribution in [0.1, 0.15) is 33.1 Å². The van der Waals surface area contributed by atoms with Crippen molar-refractivity contribution in [1.82, 2.24) is 10.2 Å². The van der Waals surface area contributed by atoms with Gasteiger partial charge in [0.1, 0.15) is 12.4 Å². The zero-order valence-electron chi connectivity index (χ0n) is 17.3. The highest BCUT2D eigenvalue weighted by Gasteiger charge is 2.24. The number of piperidine rings is 1. The summed E-state index contributed by atoms with van der Waals surface area (Å²) in [5.74, 6) is 0.817. The van der Waals surface area contributed by atoms with Crippen LogP contribution in [-0.4, -0.2) is 64.7 Å². The molecule has 1 aromatic rings. The maximum Gasteiger partial charge on any atom is 0.238 e. The monoisotopic (exact) mass is 427 g/mol. The van der Waals surface area contributed by atoms with Crippen LogP contribution < -0.4 is 15.2 Å². The summed E-state index contributed by atoms with van der Waals surface area (Å²) in [6, 6.07) is 6.07. The van der Waals surface area contributed by atoms with E-state index >= 15 is 0 Å². The standard InChI is InChI=1S/C20H33N3O5S/c1-16(2)27-14-3-10-22-20(24)17-8-11-23(12-9-17)13-15-28-18-4-6-19(7-5-18)29(21,25)26/h4-7,16-17H,3,8-15H2,1-2H3,(H,22,24)(H2,21,25,26). The molecule has 0 radical (unpaired) electrons. The van der Waals surface area contributed by atoms with Crippen LogP contribution in [0.25, 0.3) is 0 Å². The fourth-order valence-corrected chi connectivity index (χ4v) is 3.70. The Kier molecular flexibility index (Phi) is 9.35. The third-order valence-corrected chi connectivity index (χ3v) is 5.79. The Labute approximate surface area is 173 Å². The fraction of sp³-hybridized carbons (Fsp3) is 0.650. The first kappa shape index (κ1) is 23.6. The van der Waals surface area contributed by atoms with Crippen LogP contribution in [0.3, 0.4) is 0 Å². The molecule has 3 N–H and O–H groups in total. The van der Waals surface area contributed by atoms with Crippen molar-refractivity contribution in [3.63, 3.8) is 0 Å². The Morgan fingerprint density at radius 3 is 2.45 bits per heavy atom. The Bertz CT molecular complexity index is 729. The number of nitrogens with one attached hydrogen (secondary N) is 1. The van der Waals surface area contributed by atoms with Gasteiger partial charge in [-0.2, -0.15) is 0 Å². The van der Waals surface area contributed by atoms with E-state index in [-0.39, 0.29) is 22.8 Å². The molecule has 0 spiro atoms. The van der Waals surface area contributed by atoms with Crippen molar-refractivity contribution in [1.29, 1.82) is 0 Å². The molecule has 0 atom stereocenters. The number of nitrogens with zero attached hydrogens (tertiary/aromatic N) is 1. The second kappa shape index (κ2) is 11.5. The number of sulfonamides is 1. The summed E-state index contributed by atoms with van der Waals surface area (Å²) in [6.45, 7) is 8.32. The molecule has 1 aliphatic heterocycles. The number of likely N-dealkylation sites (tertiary alicyclic amines) is 1. The number of primary sulfonamides is 1. The second-order valence-electron chi connectivity index (χ2n) is 7.54. The molecule has 1 saturated heterocycles. The van der Waals surface area contributed by atoms with E-state index in [2.05, 4.69) is 10.2 Å². The van der Waals surface area contributed by atoms with E-state index in [9.17, 15) is 13.2 Å². The van der Waals surface area contributed by atoms with Crippen LogP contribution >= 0.6 is 0 Å². The molecule has 0 unspecified atom stereocenters. The summed E-state index contributed by atoms with van der Waals surface area (Å²) in [5.41, 5.74) is 0. The van der Waals surface area contributed by atoms with E-state index in [1.54, 1.807) is 12.1 Å². The lowest BCUT2D eigenvalue weighted by Crippen LogP contribution is -2.42. The molecule has 8 nitrogen and oxygen atoms in total. The summed E-state index contributed by atoms with van der Waals surface area (Å²) < 4.78 is 33.6. The number of carbonyl (C=O) groups excluding carboxylic acids is 1. The lowest BCUT2D eigenvalue weighted by atomic mass is 9.96. The first-order valence-corrected chi connectivity index (χ1v) is 11.7. The maximum absolute atomic E-state index is 12.3. The third kappa shape index (κ3) is 8.69. The topological polar surface area (TPSA) is 111 Å². The van der Waals surface area contributed by atoms with E-state index in [0.29, 0.717) is 25.5 Å². The number of amides is 1. The van der Waals surface area contributed by atoms with Crippen molar-refractivity contribution in [2.45, 2.75) is 44.1 Å². The van der Waals surface area contributed by atoms with E-state index < -0.39 is 10.0 Å². The SMILES string of the molecule is CC(C)OCCCNC(=O)C1CCN(CCOc2ccc(S(N)(=O)=O)cc2)CC1. The minimum atomic E-state index is -3.68. The van der Waals surface area contributed by atoms with Crippen molar-refractivity contribution in [3.05, 3.63) is 24.3 Å². The largest absolute Gasteiger partial charge is 0.492 e. The molecule has 1 aliphatic rings. The van der Waals surface area contributed by atoms with Gasteiger partial charge >= 0.3 is 0 Å². The maximum atomic E-state index is 12.3. The van der Waals surface area contributed by atoms with Gasteiger partial charge in [0.15, 0.2) is 0 Å². The molecular weight excluding hydrogens is 394 g/mol. The summed E-state index contributed by atoms with van der Waals surface area (Å²) in [4.78, 5) is 14.6. The zero-order valence-corrected chi connectivity index (χ0v) is 18.1. The Morgan fingerprint density at radius 2 is 1.86 bits per heavy atom. The van der Waals surface area contributed by atoms with Crippen LogP contribution in [0.15, 0.2) is 29.2 Å². The van der Waals surface area contributed by atoms with Gasteiger partial charge in [-0.3, -0.25) is 9.69 Å². The number of carbonyl (C=O) groups is 1. The molecule has 1 fully saturated rings. The number of hydrogen-bond donors (Lipinski definition) is 2. The van der Waals surface area contributed by atoms with Gasteiger partial charge in [0, 0.05) is 25.6 Å². The Morgan fingerprint density at radius 1 is 1.21 bits per heavy atom. The number of nitrogens with two attached hydrogens (primary N) is 1. The van der Waals surface area contributed by atoms with Gasteiger partial charge < -0.3 is 14.8 Å². The average molecular weight is 428 g/mol. The minimum Gasteiger partial charge on any atom is -0.492 e. The van der Waals surface area contributed by atoms with Crippen LogP contribution in [0, 0.1) is 5.92 Å². The van der Waals surface area contributed by atoms with Crippen LogP contribution in [0.2, 0.25) is 0 Å². The predicted octanol–water partition coefficient (Wildman–Crippen LogP) is 1.36. The van der Waals surface area contributed by atoms with Crippen LogP contribution in [0.5, 0.6) is 5.75 Å². The van der Waals surface area contributed by atoms with E-state index in [0.717, 1.165) is 38.9 Å². The molecule has 0 saturated carbocycles. The highest BCUT2D eigenvalue weighted by atomic mass is 32.2. The van der Waals surface area contributed by atoms with Crippen molar-refractivity contribution in [2.75, 3.05) is 39.4 Å². The number of ether oxygens (including phenoxy) is 2. The average Bonchev–Trinajstić information content (AvgIpc) is 2.67. The third-order valence-electron chi connectivity index (χ3n) is 4.86. The summed E-state index contributed by atoms with van der Waals surface area (Å²) >= 11 is 0. The van der Waals surface area contributed by atoms with Crippen molar-refractivity contribution in [2.24, 2.45) is 11.1 Å². The summed E-state index contributed by atoms with van der Waals surface area (Å²) in [7, 11) is -3.68. The lowest BCUT2D eigenvalue weighted by molar-refractivity contribution is -0.126. The van der Waals surface area contributed by atoms with Crippen LogP contribution in [0.4, 0.5) is 0 Å². The lowest BCUT2D eigenvalue weighted by Gasteiger charge is -2.31. The molecule has 1 amide bonds. The minimum absolute atomic E-state index is 0.0673. The highest BCUT2D eigenvalue weighted by molar-refractivity contribution is 7.89. The van der Waals surface area contributed by atoms with E-state index in [1.807, 2.05) is 13.8 Å². The van der Waals surface area contributed by atoms with E-state index in [1.165, 1.54) is 12.1 Å². The van der Waals surface area contributed by atoms with Gasteiger partial charge in [-0.1, -0.05) is 0 Å². The molecule has 2 rings (SSSR count). The molecule has 164 valence electrons. The smallest absolute Gasteiger partial charge is 0.238 e. The first-order chi connectivity index (χ1) is 13.8. The van der Waals surface area contributed by atoms with E-state index in [4.69, 9.17) is 14.6 Å². The first-order valence-electron chi connectivity index (χ1n) is 10.1.